The second-order valence-corrected chi connectivity index (χ2v) is 7.63. The van der Waals surface area contributed by atoms with Crippen LogP contribution < -0.4 is 9.47 Å². The van der Waals surface area contributed by atoms with E-state index in [0.717, 1.165) is 19.2 Å². The van der Waals surface area contributed by atoms with E-state index in [1.165, 1.54) is 0 Å². The van der Waals surface area contributed by atoms with Crippen molar-refractivity contribution in [1.82, 2.24) is 0 Å². The minimum atomic E-state index is -0.00252. The fraction of sp³-hybridized carbons (Fsp3) is 0.200. The van der Waals surface area contributed by atoms with Crippen molar-refractivity contribution in [2.75, 3.05) is 14.2 Å². The Kier molecular flexibility index (Phi) is 6.23. The molecule has 0 aliphatic heterocycles. The Hall–Kier alpha value is 0.0200. The first-order valence-corrected chi connectivity index (χ1v) is 9.15. The maximum Gasteiger partial charge on any atom is 0.161 e. The molecule has 0 heterocycles. The van der Waals surface area contributed by atoms with E-state index in [-0.39, 0.29) is 4.83 Å². The number of rotatable bonds is 4. The van der Waals surface area contributed by atoms with E-state index in [4.69, 9.17) is 21.1 Å². The van der Waals surface area contributed by atoms with Crippen molar-refractivity contribution in [3.05, 3.63) is 54.5 Å². The quantitative estimate of drug-likeness (QED) is 0.336. The standard InChI is InChI=1S/C15H12Br2ClIO2/c1-20-13-6-9(11(16)7-14(13)21-2)15(17)10-5-8(18)3-4-12(10)19/h3-7,15H,1-2H3. The van der Waals surface area contributed by atoms with E-state index in [1.807, 2.05) is 30.3 Å². The highest BCUT2D eigenvalue weighted by atomic mass is 127. The fourth-order valence-corrected chi connectivity index (χ4v) is 4.81. The third kappa shape index (κ3) is 3.86. The molecule has 1 atom stereocenters. The van der Waals surface area contributed by atoms with E-state index in [0.29, 0.717) is 16.5 Å². The highest BCUT2D eigenvalue weighted by molar-refractivity contribution is 14.1. The van der Waals surface area contributed by atoms with E-state index in [2.05, 4.69) is 54.5 Å². The SMILES string of the molecule is COc1cc(Br)c(C(Br)c2cc(Cl)ccc2I)cc1OC. The highest BCUT2D eigenvalue weighted by Crippen LogP contribution is 2.42. The van der Waals surface area contributed by atoms with Gasteiger partial charge in [-0.15, -0.1) is 0 Å². The molecule has 0 spiro atoms. The van der Waals surface area contributed by atoms with Gasteiger partial charge >= 0.3 is 0 Å². The molecule has 0 saturated carbocycles. The van der Waals surface area contributed by atoms with Crippen molar-refractivity contribution in [2.45, 2.75) is 4.83 Å². The Morgan fingerprint density at radius 1 is 1.05 bits per heavy atom. The van der Waals surface area contributed by atoms with Gasteiger partial charge in [0, 0.05) is 13.1 Å². The van der Waals surface area contributed by atoms with E-state index in [9.17, 15) is 0 Å². The van der Waals surface area contributed by atoms with Crippen molar-refractivity contribution < 1.29 is 9.47 Å². The third-order valence-corrected chi connectivity index (χ3v) is 5.90. The van der Waals surface area contributed by atoms with Crippen LogP contribution in [0.2, 0.25) is 5.02 Å². The number of benzene rings is 2. The van der Waals surface area contributed by atoms with Crippen molar-refractivity contribution in [1.29, 1.82) is 0 Å². The monoisotopic (exact) mass is 544 g/mol. The fourth-order valence-electron chi connectivity index (χ4n) is 1.94. The zero-order valence-corrected chi connectivity index (χ0v) is 17.4. The van der Waals surface area contributed by atoms with E-state index < -0.39 is 0 Å². The Morgan fingerprint density at radius 3 is 2.29 bits per heavy atom. The zero-order chi connectivity index (χ0) is 15.6. The topological polar surface area (TPSA) is 18.5 Å². The first-order chi connectivity index (χ1) is 9.97. The smallest absolute Gasteiger partial charge is 0.161 e. The van der Waals surface area contributed by atoms with Crippen LogP contribution >= 0.6 is 66.1 Å². The summed E-state index contributed by atoms with van der Waals surface area (Å²) >= 11 is 15.8. The number of hydrogen-bond acceptors (Lipinski definition) is 2. The Balaban J connectivity index is 2.52. The minimum Gasteiger partial charge on any atom is -0.493 e. The second-order valence-electron chi connectivity index (χ2n) is 4.26. The molecule has 0 radical (unpaired) electrons. The lowest BCUT2D eigenvalue weighted by Crippen LogP contribution is -1.99. The summed E-state index contributed by atoms with van der Waals surface area (Å²) < 4.78 is 12.8. The average molecular weight is 546 g/mol. The molecule has 2 aromatic rings. The lowest BCUT2D eigenvalue weighted by molar-refractivity contribution is 0.354. The van der Waals surface area contributed by atoms with Crippen LogP contribution in [0, 0.1) is 3.57 Å². The van der Waals surface area contributed by atoms with Gasteiger partial charge in [-0.1, -0.05) is 43.5 Å². The molecule has 0 aliphatic rings. The molecular weight excluding hydrogens is 534 g/mol. The van der Waals surface area contributed by atoms with Crippen LogP contribution in [0.5, 0.6) is 11.5 Å². The molecule has 0 aliphatic carbocycles. The molecule has 21 heavy (non-hydrogen) atoms. The van der Waals surface area contributed by atoms with E-state index >= 15 is 0 Å². The number of methoxy groups -OCH3 is 2. The molecule has 0 N–H and O–H groups in total. The summed E-state index contributed by atoms with van der Waals surface area (Å²) in [6.07, 6.45) is 0. The van der Waals surface area contributed by atoms with Gasteiger partial charge in [0.1, 0.15) is 0 Å². The first kappa shape index (κ1) is 17.4. The van der Waals surface area contributed by atoms with Crippen LogP contribution in [0.4, 0.5) is 0 Å². The number of ether oxygens (including phenoxy) is 2. The first-order valence-electron chi connectivity index (χ1n) is 5.98. The molecule has 112 valence electrons. The molecule has 0 bridgehead atoms. The molecule has 2 aromatic carbocycles. The van der Waals surface area contributed by atoms with Gasteiger partial charge in [-0.2, -0.15) is 0 Å². The van der Waals surface area contributed by atoms with Gasteiger partial charge < -0.3 is 9.47 Å². The van der Waals surface area contributed by atoms with Gasteiger partial charge in [0.15, 0.2) is 11.5 Å². The van der Waals surface area contributed by atoms with Crippen LogP contribution in [0.15, 0.2) is 34.8 Å². The summed E-state index contributed by atoms with van der Waals surface area (Å²) in [6, 6.07) is 9.71. The largest absolute Gasteiger partial charge is 0.493 e. The normalized spacial score (nSPS) is 12.1. The summed E-state index contributed by atoms with van der Waals surface area (Å²) in [5, 5.41) is 0.714. The van der Waals surface area contributed by atoms with Crippen LogP contribution in [-0.4, -0.2) is 14.2 Å². The minimum absolute atomic E-state index is 0.00252. The van der Waals surface area contributed by atoms with Gasteiger partial charge in [-0.05, 0) is 64.0 Å². The molecule has 2 nitrogen and oxygen atoms in total. The molecular formula is C15H12Br2ClIO2. The Morgan fingerprint density at radius 2 is 1.67 bits per heavy atom. The van der Waals surface area contributed by atoms with Crippen molar-refractivity contribution in [3.63, 3.8) is 0 Å². The van der Waals surface area contributed by atoms with Gasteiger partial charge in [0.25, 0.3) is 0 Å². The maximum atomic E-state index is 6.11. The van der Waals surface area contributed by atoms with E-state index in [1.54, 1.807) is 14.2 Å². The number of alkyl halides is 1. The van der Waals surface area contributed by atoms with Gasteiger partial charge in [0.05, 0.1) is 19.0 Å². The molecule has 1 unspecified atom stereocenters. The van der Waals surface area contributed by atoms with Gasteiger partial charge in [-0.25, -0.2) is 0 Å². The highest BCUT2D eigenvalue weighted by Gasteiger charge is 2.19. The molecule has 0 fully saturated rings. The summed E-state index contributed by atoms with van der Waals surface area (Å²) in [6.45, 7) is 0. The van der Waals surface area contributed by atoms with Gasteiger partial charge in [0.2, 0.25) is 0 Å². The van der Waals surface area contributed by atoms with Crippen LogP contribution in [0.3, 0.4) is 0 Å². The average Bonchev–Trinajstić information content (AvgIpc) is 2.48. The number of hydrogen-bond donors (Lipinski definition) is 0. The number of halogens is 4. The van der Waals surface area contributed by atoms with Crippen LogP contribution in [0.25, 0.3) is 0 Å². The van der Waals surface area contributed by atoms with Crippen molar-refractivity contribution >= 4 is 66.1 Å². The molecule has 2 rings (SSSR count). The summed E-state index contributed by atoms with van der Waals surface area (Å²) in [7, 11) is 3.25. The van der Waals surface area contributed by atoms with Crippen LogP contribution in [-0.2, 0) is 0 Å². The lowest BCUT2D eigenvalue weighted by atomic mass is 10.0. The maximum absolute atomic E-state index is 6.11. The molecule has 0 amide bonds. The summed E-state index contributed by atoms with van der Waals surface area (Å²) in [5.41, 5.74) is 2.16. The summed E-state index contributed by atoms with van der Waals surface area (Å²) in [4.78, 5) is -0.00252. The molecule has 0 saturated heterocycles. The van der Waals surface area contributed by atoms with Crippen molar-refractivity contribution in [2.24, 2.45) is 0 Å². The van der Waals surface area contributed by atoms with Crippen LogP contribution in [0.1, 0.15) is 16.0 Å². The third-order valence-electron chi connectivity index (χ3n) is 3.01. The Labute approximate surface area is 159 Å². The predicted molar refractivity (Wildman–Crippen MR) is 102 cm³/mol. The van der Waals surface area contributed by atoms with Crippen molar-refractivity contribution in [3.8, 4) is 11.5 Å². The Bertz CT molecular complexity index is 664. The molecule has 6 heteroatoms. The molecule has 0 aromatic heterocycles. The van der Waals surface area contributed by atoms with Gasteiger partial charge in [-0.3, -0.25) is 0 Å². The predicted octanol–water partition coefficient (Wildman–Crippen LogP) is 6.21. The zero-order valence-electron chi connectivity index (χ0n) is 11.3. The lowest BCUT2D eigenvalue weighted by Gasteiger charge is -2.17. The summed E-state index contributed by atoms with van der Waals surface area (Å²) in [5.74, 6) is 1.38. The second kappa shape index (κ2) is 7.53.